The fourth-order valence-corrected chi connectivity index (χ4v) is 4.07. The van der Waals surface area contributed by atoms with Crippen molar-refractivity contribution in [2.24, 2.45) is 0 Å². The summed E-state index contributed by atoms with van der Waals surface area (Å²) in [4.78, 5) is 17.5. The number of H-pyrrole nitrogens is 1. The van der Waals surface area contributed by atoms with Crippen LogP contribution in [0.15, 0.2) is 53.7 Å². The summed E-state index contributed by atoms with van der Waals surface area (Å²) in [5.41, 5.74) is 4.84. The number of aromatic amines is 1. The number of benzene rings is 1. The van der Waals surface area contributed by atoms with Gasteiger partial charge >= 0.3 is 5.69 Å². The summed E-state index contributed by atoms with van der Waals surface area (Å²) in [7, 11) is 0. The lowest BCUT2D eigenvalue weighted by atomic mass is 10.00. The molecule has 2 atom stereocenters. The number of hydrogen-bond acceptors (Lipinski definition) is 6. The summed E-state index contributed by atoms with van der Waals surface area (Å²) in [5, 5.41) is 23.8. The predicted octanol–water partition coefficient (Wildman–Crippen LogP) is 2.59. The molecule has 0 spiro atoms. The molecule has 0 aliphatic heterocycles. The topological polar surface area (TPSA) is 115 Å². The van der Waals surface area contributed by atoms with E-state index in [2.05, 4.69) is 32.5 Å². The Bertz CT molecular complexity index is 1260. The Labute approximate surface area is 184 Å². The summed E-state index contributed by atoms with van der Waals surface area (Å²) in [5.74, 6) is 0.613. The molecule has 2 N–H and O–H groups in total. The molecule has 0 radical (unpaired) electrons. The van der Waals surface area contributed by atoms with Crippen molar-refractivity contribution < 1.29 is 5.11 Å². The average Bonchev–Trinajstić information content (AvgIpc) is 3.20. The van der Waals surface area contributed by atoms with Gasteiger partial charge in [0, 0.05) is 29.8 Å². The smallest absolute Gasteiger partial charge is 0.329 e. The van der Waals surface area contributed by atoms with Gasteiger partial charge in [-0.2, -0.15) is 0 Å². The van der Waals surface area contributed by atoms with Crippen molar-refractivity contribution in [2.45, 2.75) is 51.3 Å². The minimum atomic E-state index is -0.422. The van der Waals surface area contributed by atoms with E-state index in [0.29, 0.717) is 18.8 Å². The molecule has 2 unspecified atom stereocenters. The number of aromatic nitrogens is 7. The van der Waals surface area contributed by atoms with Gasteiger partial charge in [0.1, 0.15) is 0 Å². The monoisotopic (exact) mass is 431 g/mol. The largest absolute Gasteiger partial charge is 0.391 e. The van der Waals surface area contributed by atoms with E-state index < -0.39 is 6.10 Å². The van der Waals surface area contributed by atoms with Gasteiger partial charge in [0.15, 0.2) is 5.82 Å². The number of unbranched alkanes of at least 4 members (excludes halogenated alkanes) is 1. The average molecular weight is 432 g/mol. The molecule has 1 aromatic carbocycles. The lowest BCUT2D eigenvalue weighted by Gasteiger charge is -2.12. The predicted molar refractivity (Wildman–Crippen MR) is 119 cm³/mol. The van der Waals surface area contributed by atoms with Gasteiger partial charge in [0.05, 0.1) is 18.7 Å². The van der Waals surface area contributed by atoms with Gasteiger partial charge < -0.3 is 5.11 Å². The maximum atomic E-state index is 13.2. The van der Waals surface area contributed by atoms with Crippen molar-refractivity contribution in [3.8, 4) is 22.5 Å². The molecule has 164 valence electrons. The molecule has 9 nitrogen and oxygen atoms in total. The highest BCUT2D eigenvalue weighted by Crippen LogP contribution is 2.35. The van der Waals surface area contributed by atoms with Gasteiger partial charge in [-0.3, -0.25) is 14.1 Å². The zero-order valence-corrected chi connectivity index (χ0v) is 17.8. The van der Waals surface area contributed by atoms with Crippen molar-refractivity contribution in [3.63, 3.8) is 0 Å². The molecule has 9 heteroatoms. The molecule has 32 heavy (non-hydrogen) atoms. The van der Waals surface area contributed by atoms with Crippen LogP contribution in [0.4, 0.5) is 0 Å². The third-order valence-corrected chi connectivity index (χ3v) is 6.00. The maximum absolute atomic E-state index is 13.2. The number of hydrogen-bond donors (Lipinski definition) is 2. The lowest BCUT2D eigenvalue weighted by molar-refractivity contribution is 0.258. The summed E-state index contributed by atoms with van der Waals surface area (Å²) < 4.78 is 3.53. The SMILES string of the molecule is CCCCc1cn(C2CC2O)c(=O)n1Cc1cnccc1-c1ccc(-c2nnn[nH]2)cc1. The van der Waals surface area contributed by atoms with Crippen LogP contribution in [0.25, 0.3) is 22.5 Å². The Balaban J connectivity index is 1.48. The minimum absolute atomic E-state index is 0.0689. The highest BCUT2D eigenvalue weighted by molar-refractivity contribution is 5.69. The first-order chi connectivity index (χ1) is 15.7. The molecule has 0 saturated heterocycles. The molecule has 1 aliphatic carbocycles. The van der Waals surface area contributed by atoms with Gasteiger partial charge in [-0.1, -0.05) is 37.6 Å². The number of aliphatic hydroxyl groups is 1. The second-order valence-corrected chi connectivity index (χ2v) is 8.23. The Kier molecular flexibility index (Phi) is 5.40. The number of nitrogens with zero attached hydrogens (tertiary/aromatic N) is 6. The quantitative estimate of drug-likeness (QED) is 0.443. The Morgan fingerprint density at radius 3 is 2.66 bits per heavy atom. The summed E-state index contributed by atoms with van der Waals surface area (Å²) in [6.45, 7) is 2.58. The van der Waals surface area contributed by atoms with Crippen molar-refractivity contribution >= 4 is 0 Å². The molecule has 3 aromatic heterocycles. The first kappa shape index (κ1) is 20.3. The number of imidazole rings is 1. The van der Waals surface area contributed by atoms with Crippen LogP contribution in [0.3, 0.4) is 0 Å². The van der Waals surface area contributed by atoms with Gasteiger partial charge in [0.2, 0.25) is 0 Å². The van der Waals surface area contributed by atoms with Crippen LogP contribution in [-0.2, 0) is 13.0 Å². The molecule has 0 amide bonds. The fraction of sp³-hybridized carbons (Fsp3) is 0.348. The van der Waals surface area contributed by atoms with Crippen molar-refractivity contribution in [1.29, 1.82) is 0 Å². The third-order valence-electron chi connectivity index (χ3n) is 6.00. The molecular weight excluding hydrogens is 406 g/mol. The van der Waals surface area contributed by atoms with Crippen molar-refractivity contribution in [2.75, 3.05) is 0 Å². The number of aliphatic hydroxyl groups excluding tert-OH is 1. The second-order valence-electron chi connectivity index (χ2n) is 8.23. The van der Waals surface area contributed by atoms with Gasteiger partial charge in [-0.15, -0.1) is 5.10 Å². The Hall–Kier alpha value is -3.59. The van der Waals surface area contributed by atoms with Crippen LogP contribution in [0, 0.1) is 0 Å². The van der Waals surface area contributed by atoms with Crippen LogP contribution in [-0.4, -0.2) is 46.0 Å². The normalized spacial score (nSPS) is 17.6. The summed E-state index contributed by atoms with van der Waals surface area (Å²) in [6, 6.07) is 9.83. The molecule has 5 rings (SSSR count). The van der Waals surface area contributed by atoms with Crippen molar-refractivity contribution in [3.05, 3.63) is 70.7 Å². The van der Waals surface area contributed by atoms with Crippen LogP contribution >= 0.6 is 0 Å². The van der Waals surface area contributed by atoms with E-state index >= 15 is 0 Å². The number of nitrogens with one attached hydrogen (secondary N) is 1. The zero-order chi connectivity index (χ0) is 22.1. The van der Waals surface area contributed by atoms with Crippen molar-refractivity contribution in [1.82, 2.24) is 34.7 Å². The second kappa shape index (κ2) is 8.51. The fourth-order valence-electron chi connectivity index (χ4n) is 4.07. The van der Waals surface area contributed by atoms with E-state index in [1.807, 2.05) is 47.3 Å². The number of pyridine rings is 1. The molecule has 3 heterocycles. The van der Waals surface area contributed by atoms with E-state index in [4.69, 9.17) is 0 Å². The molecule has 4 aromatic rings. The Morgan fingerprint density at radius 2 is 1.97 bits per heavy atom. The summed E-state index contributed by atoms with van der Waals surface area (Å²) in [6.07, 6.45) is 8.62. The molecule has 0 bridgehead atoms. The number of rotatable bonds is 8. The van der Waals surface area contributed by atoms with Crippen LogP contribution in [0.2, 0.25) is 0 Å². The van der Waals surface area contributed by atoms with E-state index in [1.54, 1.807) is 10.8 Å². The lowest BCUT2D eigenvalue weighted by Crippen LogP contribution is -2.26. The highest BCUT2D eigenvalue weighted by atomic mass is 16.3. The number of tetrazole rings is 1. The first-order valence-corrected chi connectivity index (χ1v) is 10.9. The molecular formula is C23H25N7O2. The van der Waals surface area contributed by atoms with Crippen LogP contribution < -0.4 is 5.69 Å². The number of aryl methyl sites for hydroxylation is 1. The van der Waals surface area contributed by atoms with E-state index in [0.717, 1.165) is 47.2 Å². The van der Waals surface area contributed by atoms with Gasteiger partial charge in [0.25, 0.3) is 0 Å². The summed E-state index contributed by atoms with van der Waals surface area (Å²) >= 11 is 0. The molecule has 1 aliphatic rings. The van der Waals surface area contributed by atoms with E-state index in [1.165, 1.54) is 0 Å². The third kappa shape index (κ3) is 3.87. The van der Waals surface area contributed by atoms with Crippen LogP contribution in [0.1, 0.15) is 43.5 Å². The maximum Gasteiger partial charge on any atom is 0.329 e. The first-order valence-electron chi connectivity index (χ1n) is 10.9. The Morgan fingerprint density at radius 1 is 1.19 bits per heavy atom. The molecule has 1 saturated carbocycles. The van der Waals surface area contributed by atoms with Crippen LogP contribution in [0.5, 0.6) is 0 Å². The van der Waals surface area contributed by atoms with Gasteiger partial charge in [-0.25, -0.2) is 9.89 Å². The zero-order valence-electron chi connectivity index (χ0n) is 17.8. The highest BCUT2D eigenvalue weighted by Gasteiger charge is 2.38. The van der Waals surface area contributed by atoms with E-state index in [9.17, 15) is 9.90 Å². The molecule has 1 fully saturated rings. The standard InChI is InChI=1S/C23H25N7O2/c1-2-3-4-18-14-30(20-11-21(20)31)23(32)29(18)13-17-12-24-10-9-19(17)15-5-7-16(8-6-15)22-25-27-28-26-22/h5-10,12,14,20-21,31H,2-4,11,13H2,1H3,(H,25,26,27,28). The van der Waals surface area contributed by atoms with E-state index in [-0.39, 0.29) is 11.7 Å². The minimum Gasteiger partial charge on any atom is -0.391 e. The van der Waals surface area contributed by atoms with Gasteiger partial charge in [-0.05, 0) is 52.4 Å².